The molecule has 0 radical (unpaired) electrons. The molecular formula is C8H16O4S. The van der Waals surface area contributed by atoms with Crippen molar-refractivity contribution in [3.8, 4) is 0 Å². The predicted molar refractivity (Wildman–Crippen MR) is 49.2 cm³/mol. The lowest BCUT2D eigenvalue weighted by Gasteiger charge is -2.41. The van der Waals surface area contributed by atoms with Crippen LogP contribution in [-0.4, -0.2) is 31.9 Å². The molecule has 0 unspecified atom stereocenters. The fourth-order valence-electron chi connectivity index (χ4n) is 1.68. The molecule has 1 N–H and O–H groups in total. The van der Waals surface area contributed by atoms with Crippen LogP contribution < -0.4 is 0 Å². The van der Waals surface area contributed by atoms with Gasteiger partial charge in [0.2, 0.25) is 0 Å². The first-order valence-corrected chi connectivity index (χ1v) is 6.11. The van der Waals surface area contributed by atoms with Crippen molar-refractivity contribution in [2.24, 2.45) is 5.41 Å². The predicted octanol–water partition coefficient (Wildman–Crippen LogP) is 1.08. The van der Waals surface area contributed by atoms with Crippen LogP contribution in [0, 0.1) is 5.41 Å². The van der Waals surface area contributed by atoms with Crippen LogP contribution in [0.2, 0.25) is 0 Å². The van der Waals surface area contributed by atoms with Gasteiger partial charge in [-0.2, -0.15) is 8.42 Å². The van der Waals surface area contributed by atoms with Crippen LogP contribution in [0.15, 0.2) is 0 Å². The highest BCUT2D eigenvalue weighted by molar-refractivity contribution is 7.85. The molecule has 1 aliphatic rings. The van der Waals surface area contributed by atoms with E-state index >= 15 is 0 Å². The van der Waals surface area contributed by atoms with Gasteiger partial charge in [-0.3, -0.25) is 4.55 Å². The smallest absolute Gasteiger partial charge is 0.264 e. The van der Waals surface area contributed by atoms with Gasteiger partial charge in [-0.15, -0.1) is 0 Å². The van der Waals surface area contributed by atoms with E-state index in [1.165, 1.54) is 0 Å². The highest BCUT2D eigenvalue weighted by Gasteiger charge is 2.38. The summed E-state index contributed by atoms with van der Waals surface area (Å²) in [7, 11) is -3.81. The van der Waals surface area contributed by atoms with Crippen LogP contribution in [0.3, 0.4) is 0 Å². The molecular weight excluding hydrogens is 192 g/mol. The maximum absolute atomic E-state index is 10.5. The minimum Gasteiger partial charge on any atom is -0.380 e. The molecule has 0 amide bonds. The molecule has 0 aromatic rings. The summed E-state index contributed by atoms with van der Waals surface area (Å²) in [6.07, 6.45) is 2.51. The Labute approximate surface area is 79.0 Å². The molecule has 5 heteroatoms. The second-order valence-electron chi connectivity index (χ2n) is 3.78. The fraction of sp³-hybridized carbons (Fsp3) is 1.00. The summed E-state index contributed by atoms with van der Waals surface area (Å²) in [4.78, 5) is 0. The van der Waals surface area contributed by atoms with E-state index in [2.05, 4.69) is 6.92 Å². The monoisotopic (exact) mass is 208 g/mol. The number of hydrogen-bond donors (Lipinski definition) is 1. The summed E-state index contributed by atoms with van der Waals surface area (Å²) in [6, 6.07) is 0. The molecule has 1 rings (SSSR count). The lowest BCUT2D eigenvalue weighted by atomic mass is 9.79. The highest BCUT2D eigenvalue weighted by Crippen LogP contribution is 2.36. The number of hydrogen-bond acceptors (Lipinski definition) is 3. The second kappa shape index (κ2) is 3.94. The second-order valence-corrected chi connectivity index (χ2v) is 5.35. The SMILES string of the molecule is CCCC1(CCS(=O)(=O)O)COC1. The Hall–Kier alpha value is -0.130. The van der Waals surface area contributed by atoms with E-state index in [1.807, 2.05) is 0 Å². The average molecular weight is 208 g/mol. The molecule has 1 fully saturated rings. The topological polar surface area (TPSA) is 63.6 Å². The Bertz CT molecular complexity index is 253. The lowest BCUT2D eigenvalue weighted by molar-refractivity contribution is -0.119. The van der Waals surface area contributed by atoms with Gasteiger partial charge in [0.1, 0.15) is 0 Å². The molecule has 4 nitrogen and oxygen atoms in total. The Morgan fingerprint density at radius 3 is 2.31 bits per heavy atom. The van der Waals surface area contributed by atoms with Crippen molar-refractivity contribution in [3.63, 3.8) is 0 Å². The van der Waals surface area contributed by atoms with Gasteiger partial charge in [0.25, 0.3) is 10.1 Å². The first-order chi connectivity index (χ1) is 5.97. The zero-order valence-electron chi connectivity index (χ0n) is 7.82. The van der Waals surface area contributed by atoms with Crippen LogP contribution in [0.1, 0.15) is 26.2 Å². The van der Waals surface area contributed by atoms with Crippen molar-refractivity contribution in [1.29, 1.82) is 0 Å². The largest absolute Gasteiger partial charge is 0.380 e. The minimum absolute atomic E-state index is 0.0184. The van der Waals surface area contributed by atoms with Gasteiger partial charge in [0.15, 0.2) is 0 Å². The van der Waals surface area contributed by atoms with Crippen molar-refractivity contribution < 1.29 is 17.7 Å². The molecule has 0 saturated carbocycles. The lowest BCUT2D eigenvalue weighted by Crippen LogP contribution is -2.43. The van der Waals surface area contributed by atoms with E-state index in [0.717, 1.165) is 12.8 Å². The first-order valence-electron chi connectivity index (χ1n) is 4.50. The van der Waals surface area contributed by atoms with Gasteiger partial charge in [-0.25, -0.2) is 0 Å². The molecule has 1 saturated heterocycles. The zero-order chi connectivity index (χ0) is 9.95. The third-order valence-electron chi connectivity index (χ3n) is 2.49. The minimum atomic E-state index is -3.81. The third-order valence-corrected chi connectivity index (χ3v) is 3.21. The molecule has 0 aromatic heterocycles. The molecule has 78 valence electrons. The van der Waals surface area contributed by atoms with Gasteiger partial charge in [0.05, 0.1) is 19.0 Å². The quantitative estimate of drug-likeness (QED) is 0.687. The molecule has 1 aliphatic heterocycles. The Morgan fingerprint density at radius 1 is 1.38 bits per heavy atom. The standard InChI is InChI=1S/C8H16O4S/c1-2-3-8(6-12-7-8)4-5-13(9,10)11/h2-7H2,1H3,(H,9,10,11). The summed E-state index contributed by atoms with van der Waals surface area (Å²) >= 11 is 0. The summed E-state index contributed by atoms with van der Waals surface area (Å²) in [5, 5.41) is 0. The molecule has 1 heterocycles. The molecule has 0 aromatic carbocycles. The maximum atomic E-state index is 10.5. The van der Waals surface area contributed by atoms with Crippen molar-refractivity contribution >= 4 is 10.1 Å². The Morgan fingerprint density at radius 2 is 2.00 bits per heavy atom. The van der Waals surface area contributed by atoms with Gasteiger partial charge >= 0.3 is 0 Å². The van der Waals surface area contributed by atoms with Crippen molar-refractivity contribution in [3.05, 3.63) is 0 Å². The van der Waals surface area contributed by atoms with Crippen LogP contribution in [0.4, 0.5) is 0 Å². The zero-order valence-corrected chi connectivity index (χ0v) is 8.64. The van der Waals surface area contributed by atoms with Crippen molar-refractivity contribution in [1.82, 2.24) is 0 Å². The fourth-order valence-corrected chi connectivity index (χ4v) is 2.37. The average Bonchev–Trinajstić information content (AvgIpc) is 1.92. The van der Waals surface area contributed by atoms with Crippen LogP contribution in [0.5, 0.6) is 0 Å². The Kier molecular flexibility index (Phi) is 3.32. The van der Waals surface area contributed by atoms with Gasteiger partial charge < -0.3 is 4.74 Å². The van der Waals surface area contributed by atoms with E-state index in [4.69, 9.17) is 9.29 Å². The molecule has 13 heavy (non-hydrogen) atoms. The van der Waals surface area contributed by atoms with Crippen LogP contribution in [-0.2, 0) is 14.9 Å². The first kappa shape index (κ1) is 10.9. The number of ether oxygens (including phenoxy) is 1. The number of rotatable bonds is 5. The normalized spacial score (nSPS) is 21.1. The summed E-state index contributed by atoms with van der Waals surface area (Å²) in [6.45, 7) is 3.33. The third kappa shape index (κ3) is 3.25. The van der Waals surface area contributed by atoms with E-state index < -0.39 is 10.1 Å². The maximum Gasteiger partial charge on any atom is 0.264 e. The van der Waals surface area contributed by atoms with Gasteiger partial charge in [-0.05, 0) is 12.8 Å². The summed E-state index contributed by atoms with van der Waals surface area (Å²) < 4.78 is 34.8. The van der Waals surface area contributed by atoms with Crippen molar-refractivity contribution in [2.75, 3.05) is 19.0 Å². The van der Waals surface area contributed by atoms with E-state index in [-0.39, 0.29) is 11.2 Å². The molecule has 0 spiro atoms. The summed E-state index contributed by atoms with van der Waals surface area (Å²) in [5.74, 6) is -0.143. The van der Waals surface area contributed by atoms with Gasteiger partial charge in [0, 0.05) is 5.41 Å². The summed E-state index contributed by atoms with van der Waals surface area (Å²) in [5.41, 5.74) is 0.0184. The van der Waals surface area contributed by atoms with E-state index in [9.17, 15) is 8.42 Å². The van der Waals surface area contributed by atoms with Crippen LogP contribution >= 0.6 is 0 Å². The van der Waals surface area contributed by atoms with Gasteiger partial charge in [-0.1, -0.05) is 13.3 Å². The molecule has 0 bridgehead atoms. The highest BCUT2D eigenvalue weighted by atomic mass is 32.2. The van der Waals surface area contributed by atoms with E-state index in [1.54, 1.807) is 0 Å². The van der Waals surface area contributed by atoms with Crippen LogP contribution in [0.25, 0.3) is 0 Å². The van der Waals surface area contributed by atoms with Crippen molar-refractivity contribution in [2.45, 2.75) is 26.2 Å². The molecule has 0 aliphatic carbocycles. The molecule has 0 atom stereocenters. The Balaban J connectivity index is 2.41. The van der Waals surface area contributed by atoms with E-state index in [0.29, 0.717) is 19.6 Å².